The molecule has 0 bridgehead atoms. The molecule has 0 amide bonds. The van der Waals surface area contributed by atoms with E-state index >= 15 is 0 Å². The normalized spacial score (nSPS) is 14.3. The fourth-order valence-corrected chi connectivity index (χ4v) is 16.3. The average Bonchev–Trinajstić information content (AvgIpc) is 0.949. The molecular formula is C84H76N2O2. The van der Waals surface area contributed by atoms with Gasteiger partial charge < -0.3 is 18.6 Å². The highest BCUT2D eigenvalue weighted by molar-refractivity contribution is 6.30. The lowest BCUT2D eigenvalue weighted by atomic mass is 9.82. The molecule has 0 spiro atoms. The number of fused-ring (bicyclic) bond motifs is 6. The Hall–Kier alpha value is -9.12. The third kappa shape index (κ3) is 8.60. The van der Waals surface area contributed by atoms with Gasteiger partial charge in [-0.15, -0.1) is 0 Å². The van der Waals surface area contributed by atoms with E-state index in [0.29, 0.717) is 23.7 Å². The van der Waals surface area contributed by atoms with E-state index in [1.54, 1.807) is 0 Å². The first kappa shape index (κ1) is 54.3. The zero-order valence-electron chi connectivity index (χ0n) is 52.2. The number of aryl methyl sites for hydroxylation is 4. The molecule has 0 saturated heterocycles. The Kier molecular flexibility index (Phi) is 13.2. The third-order valence-electron chi connectivity index (χ3n) is 20.4. The van der Waals surface area contributed by atoms with E-state index in [2.05, 4.69) is 259 Å². The zero-order chi connectivity index (χ0) is 59.6. The van der Waals surface area contributed by atoms with Crippen molar-refractivity contribution < 1.29 is 8.83 Å². The molecule has 4 nitrogen and oxygen atoms in total. The number of hydrogen-bond donors (Lipinski definition) is 0. The Morgan fingerprint density at radius 1 is 0.318 bits per heavy atom. The minimum Gasteiger partial charge on any atom is -0.453 e. The second kappa shape index (κ2) is 21.3. The van der Waals surface area contributed by atoms with Gasteiger partial charge in [-0.25, -0.2) is 0 Å². The van der Waals surface area contributed by atoms with E-state index < -0.39 is 0 Å². The number of hydrogen-bond acceptors (Lipinski definition) is 4. The SMILES string of the molecule is Cc1ccc(N(c2cc(C3CCCC3)c3ccc4c(N(c5ccc(C)cc5C)c5cccc6c5oc5c(-c7ccccc7C(C)C)cccc56)cc(C5CCCC5)c5ccc2c3c54)c2cccc3c2oc2c(-c4ccccc4C(C)C)cccc23)c(C)c1. The van der Waals surface area contributed by atoms with Gasteiger partial charge in [-0.1, -0.05) is 222 Å². The molecule has 16 rings (SSSR count). The van der Waals surface area contributed by atoms with Gasteiger partial charge in [0, 0.05) is 54.8 Å². The molecule has 434 valence electrons. The molecule has 2 fully saturated rings. The Labute approximate surface area is 517 Å². The summed E-state index contributed by atoms with van der Waals surface area (Å²) >= 11 is 0. The van der Waals surface area contributed by atoms with E-state index in [4.69, 9.17) is 8.83 Å². The third-order valence-corrected chi connectivity index (χ3v) is 20.4. The van der Waals surface area contributed by atoms with E-state index in [1.807, 2.05) is 0 Å². The first-order valence-electron chi connectivity index (χ1n) is 32.6. The Morgan fingerprint density at radius 2 is 0.682 bits per heavy atom. The maximum Gasteiger partial charge on any atom is 0.159 e. The van der Waals surface area contributed by atoms with Gasteiger partial charge in [-0.2, -0.15) is 0 Å². The van der Waals surface area contributed by atoms with Gasteiger partial charge in [-0.05, 0) is 180 Å². The van der Waals surface area contributed by atoms with E-state index in [9.17, 15) is 0 Å². The van der Waals surface area contributed by atoms with Crippen molar-refractivity contribution in [2.45, 2.75) is 130 Å². The standard InChI is InChI=1S/C84H76N2O2/c1-49(2)57-25-13-15-27-59(57)63-29-17-31-65-67-33-19-35-75(83(67)87-81(63)65)85(73-43-37-51(5)45-53(73)7)77-47-71(55-21-9-10-22-55)61-40-42-70-78(48-72(56-23-11-12-24-56)62-39-41-69(77)79(61)80(62)70)86(74-44-38-52(6)46-54(74)8)76-36-20-34-68-66-32-18-30-64(82(66)88-84(68)76)60-28-16-14-26-58(60)50(3)4/h13-20,25-50,55-56H,9-12,21-24H2,1-8H3. The molecule has 2 aromatic heterocycles. The maximum atomic E-state index is 7.50. The summed E-state index contributed by atoms with van der Waals surface area (Å²) < 4.78 is 15.0. The van der Waals surface area contributed by atoms with Crippen LogP contribution in [-0.4, -0.2) is 0 Å². The minimum atomic E-state index is 0.355. The highest BCUT2D eigenvalue weighted by Crippen LogP contribution is 2.56. The molecule has 0 atom stereocenters. The van der Waals surface area contributed by atoms with Crippen molar-refractivity contribution in [2.24, 2.45) is 0 Å². The van der Waals surface area contributed by atoms with Crippen molar-refractivity contribution in [1.82, 2.24) is 0 Å². The average molecular weight is 1150 g/mol. The maximum absolute atomic E-state index is 7.50. The summed E-state index contributed by atoms with van der Waals surface area (Å²) in [6.07, 6.45) is 9.67. The van der Waals surface area contributed by atoms with Crippen molar-refractivity contribution >= 4 is 110 Å². The number of anilines is 6. The number of furan rings is 2. The second-order valence-electron chi connectivity index (χ2n) is 26.6. The van der Waals surface area contributed by atoms with E-state index in [1.165, 1.54) is 151 Å². The number of rotatable bonds is 12. The van der Waals surface area contributed by atoms with Gasteiger partial charge >= 0.3 is 0 Å². The predicted octanol–water partition coefficient (Wildman–Crippen LogP) is 25.5. The van der Waals surface area contributed by atoms with Crippen molar-refractivity contribution in [3.8, 4) is 22.3 Å². The quantitative estimate of drug-likeness (QED) is 0.114. The number of para-hydroxylation sites is 4. The molecule has 2 heterocycles. The molecule has 88 heavy (non-hydrogen) atoms. The summed E-state index contributed by atoms with van der Waals surface area (Å²) in [5, 5.41) is 12.4. The fourth-order valence-electron chi connectivity index (χ4n) is 16.3. The Bertz CT molecular complexity index is 4760. The summed E-state index contributed by atoms with van der Waals surface area (Å²) in [6, 6.07) is 74.0. The summed E-state index contributed by atoms with van der Waals surface area (Å²) in [4.78, 5) is 5.17. The van der Waals surface area contributed by atoms with Crippen molar-refractivity contribution in [3.63, 3.8) is 0 Å². The van der Waals surface area contributed by atoms with Crippen molar-refractivity contribution in [3.05, 3.63) is 239 Å². The highest BCUT2D eigenvalue weighted by Gasteiger charge is 2.33. The molecule has 0 unspecified atom stereocenters. The smallest absolute Gasteiger partial charge is 0.159 e. The van der Waals surface area contributed by atoms with Gasteiger partial charge in [0.05, 0.1) is 22.7 Å². The fraction of sp³-hybridized carbons (Fsp3) is 0.238. The summed E-state index contributed by atoms with van der Waals surface area (Å²) in [5.41, 5.74) is 25.6. The lowest BCUT2D eigenvalue weighted by molar-refractivity contribution is 0.669. The molecule has 0 aliphatic heterocycles. The van der Waals surface area contributed by atoms with Gasteiger partial charge in [0.25, 0.3) is 0 Å². The summed E-state index contributed by atoms with van der Waals surface area (Å²) in [7, 11) is 0. The topological polar surface area (TPSA) is 32.8 Å². The minimum absolute atomic E-state index is 0.355. The Morgan fingerprint density at radius 3 is 1.08 bits per heavy atom. The second-order valence-corrected chi connectivity index (χ2v) is 26.6. The van der Waals surface area contributed by atoms with Gasteiger partial charge in [0.15, 0.2) is 11.2 Å². The molecular weight excluding hydrogens is 1070 g/mol. The van der Waals surface area contributed by atoms with Crippen LogP contribution in [0.15, 0.2) is 203 Å². The molecule has 2 saturated carbocycles. The van der Waals surface area contributed by atoms with Crippen LogP contribution in [0.2, 0.25) is 0 Å². The first-order chi connectivity index (χ1) is 43.0. The molecule has 12 aromatic carbocycles. The predicted molar refractivity (Wildman–Crippen MR) is 374 cm³/mol. The van der Waals surface area contributed by atoms with Crippen molar-refractivity contribution in [2.75, 3.05) is 9.80 Å². The molecule has 2 aliphatic rings. The van der Waals surface area contributed by atoms with Crippen LogP contribution in [0.4, 0.5) is 34.1 Å². The zero-order valence-corrected chi connectivity index (χ0v) is 52.2. The number of nitrogens with zero attached hydrogens (tertiary/aromatic N) is 2. The van der Waals surface area contributed by atoms with Gasteiger partial charge in [0.2, 0.25) is 0 Å². The van der Waals surface area contributed by atoms with Crippen LogP contribution < -0.4 is 9.80 Å². The summed E-state index contributed by atoms with van der Waals surface area (Å²) in [5.74, 6) is 1.57. The van der Waals surface area contributed by atoms with Crippen LogP contribution in [0.5, 0.6) is 0 Å². The molecule has 14 aromatic rings. The Balaban J connectivity index is 1.00. The van der Waals surface area contributed by atoms with Crippen LogP contribution in [0.25, 0.3) is 98.4 Å². The van der Waals surface area contributed by atoms with Gasteiger partial charge in [0.1, 0.15) is 11.2 Å². The lowest BCUT2D eigenvalue weighted by Crippen LogP contribution is -2.15. The lowest BCUT2D eigenvalue weighted by Gasteiger charge is -2.33. The molecule has 0 radical (unpaired) electrons. The monoisotopic (exact) mass is 1140 g/mol. The largest absolute Gasteiger partial charge is 0.453 e. The molecule has 4 heteroatoms. The van der Waals surface area contributed by atoms with E-state index in [0.717, 1.165) is 77.8 Å². The number of benzene rings is 12. The molecule has 2 aliphatic carbocycles. The van der Waals surface area contributed by atoms with E-state index in [-0.39, 0.29) is 0 Å². The molecule has 0 N–H and O–H groups in total. The van der Waals surface area contributed by atoms with Crippen LogP contribution in [0, 0.1) is 27.7 Å². The highest BCUT2D eigenvalue weighted by atomic mass is 16.3. The summed E-state index contributed by atoms with van der Waals surface area (Å²) in [6.45, 7) is 18.2. The van der Waals surface area contributed by atoms with Gasteiger partial charge in [-0.3, -0.25) is 0 Å². The van der Waals surface area contributed by atoms with Crippen molar-refractivity contribution in [1.29, 1.82) is 0 Å². The first-order valence-corrected chi connectivity index (χ1v) is 32.6. The van der Waals surface area contributed by atoms with Crippen LogP contribution in [0.1, 0.15) is 147 Å². The van der Waals surface area contributed by atoms with Crippen LogP contribution in [0.3, 0.4) is 0 Å². The van der Waals surface area contributed by atoms with Crippen LogP contribution >= 0.6 is 0 Å². The van der Waals surface area contributed by atoms with Crippen LogP contribution in [-0.2, 0) is 0 Å².